The number of nitrogens with one attached hydrogen (secondary N) is 2. The van der Waals surface area contributed by atoms with Crippen LogP contribution in [0.2, 0.25) is 0 Å². The Morgan fingerprint density at radius 2 is 1.87 bits per heavy atom. The number of rotatable bonds is 6. The number of anilines is 1. The molecule has 0 aliphatic heterocycles. The Morgan fingerprint density at radius 1 is 1.19 bits per heavy atom. The lowest BCUT2D eigenvalue weighted by Crippen LogP contribution is -2.23. The number of nitro groups is 1. The van der Waals surface area contributed by atoms with E-state index in [4.69, 9.17) is 4.42 Å². The van der Waals surface area contributed by atoms with Crippen molar-refractivity contribution >= 4 is 44.8 Å². The zero-order valence-electron chi connectivity index (χ0n) is 16.7. The van der Waals surface area contributed by atoms with E-state index in [2.05, 4.69) is 36.9 Å². The Morgan fingerprint density at radius 3 is 2.45 bits per heavy atom. The number of aromatic nitrogens is 2. The van der Waals surface area contributed by atoms with Gasteiger partial charge in [0.05, 0.1) is 10.6 Å². The molecule has 31 heavy (non-hydrogen) atoms. The van der Waals surface area contributed by atoms with Crippen LogP contribution < -0.4 is 10.7 Å². The Labute approximate surface area is 184 Å². The van der Waals surface area contributed by atoms with Crippen molar-refractivity contribution in [2.75, 3.05) is 5.32 Å². The number of carbonyl (C=O) groups excluding carboxylic acids is 2. The number of nitrogens with zero attached hydrogens (tertiary/aromatic N) is 4. The van der Waals surface area contributed by atoms with Gasteiger partial charge in [-0.2, -0.15) is 10.2 Å². The van der Waals surface area contributed by atoms with E-state index >= 15 is 0 Å². The molecule has 2 heterocycles. The molecule has 0 bridgehead atoms. The van der Waals surface area contributed by atoms with Crippen molar-refractivity contribution in [1.29, 1.82) is 0 Å². The van der Waals surface area contributed by atoms with Gasteiger partial charge in [-0.25, -0.2) is 5.43 Å². The molecule has 2 N–H and O–H groups in total. The van der Waals surface area contributed by atoms with E-state index < -0.39 is 16.7 Å². The molecule has 0 saturated heterocycles. The first kappa shape index (κ1) is 21.9. The third-order valence-electron chi connectivity index (χ3n) is 4.27. The number of hydrogen-bond acceptors (Lipinski definition) is 7. The van der Waals surface area contributed by atoms with Gasteiger partial charge in [0.2, 0.25) is 5.69 Å². The first-order chi connectivity index (χ1) is 14.7. The van der Waals surface area contributed by atoms with E-state index in [0.29, 0.717) is 21.6 Å². The van der Waals surface area contributed by atoms with Crippen LogP contribution in [0.1, 0.15) is 39.2 Å². The van der Waals surface area contributed by atoms with Gasteiger partial charge < -0.3 is 9.73 Å². The summed E-state index contributed by atoms with van der Waals surface area (Å²) in [5.41, 5.74) is 3.57. The maximum absolute atomic E-state index is 12.4. The maximum atomic E-state index is 12.4. The molecule has 1 aromatic carbocycles. The van der Waals surface area contributed by atoms with E-state index in [1.807, 2.05) is 0 Å². The maximum Gasteiger partial charge on any atom is 0.322 e. The summed E-state index contributed by atoms with van der Waals surface area (Å²) in [6.45, 7) is 3.12. The van der Waals surface area contributed by atoms with Gasteiger partial charge in [0, 0.05) is 12.7 Å². The summed E-state index contributed by atoms with van der Waals surface area (Å²) in [7, 11) is 1.44. The molecule has 0 spiro atoms. The average Bonchev–Trinajstić information content (AvgIpc) is 3.28. The van der Waals surface area contributed by atoms with Gasteiger partial charge in [-0.3, -0.25) is 24.4 Å². The van der Waals surface area contributed by atoms with Crippen molar-refractivity contribution in [3.8, 4) is 0 Å². The van der Waals surface area contributed by atoms with Gasteiger partial charge >= 0.3 is 5.69 Å². The SMILES string of the molecule is CC(=NNC(=O)c1c([N+](=O)[O-])c(C)nn1C)c1ccc(NC(=O)c2ccc(Br)o2)cc1. The van der Waals surface area contributed by atoms with E-state index in [9.17, 15) is 19.7 Å². The van der Waals surface area contributed by atoms with Crippen LogP contribution in [-0.4, -0.2) is 32.2 Å². The topological polar surface area (TPSA) is 145 Å². The van der Waals surface area contributed by atoms with Gasteiger partial charge in [-0.05, 0) is 59.6 Å². The van der Waals surface area contributed by atoms with Crippen LogP contribution in [0.4, 0.5) is 11.4 Å². The van der Waals surface area contributed by atoms with Crippen LogP contribution in [0.25, 0.3) is 0 Å². The predicted molar refractivity (Wildman–Crippen MR) is 115 cm³/mol. The second-order valence-corrected chi connectivity index (χ2v) is 7.22. The summed E-state index contributed by atoms with van der Waals surface area (Å²) in [5, 5.41) is 21.8. The van der Waals surface area contributed by atoms with Crippen molar-refractivity contribution in [1.82, 2.24) is 15.2 Å². The van der Waals surface area contributed by atoms with Crippen LogP contribution in [0, 0.1) is 17.0 Å². The second kappa shape index (κ2) is 8.92. The highest BCUT2D eigenvalue weighted by Gasteiger charge is 2.29. The third-order valence-corrected chi connectivity index (χ3v) is 4.70. The van der Waals surface area contributed by atoms with Crippen molar-refractivity contribution < 1.29 is 18.9 Å². The zero-order valence-corrected chi connectivity index (χ0v) is 18.3. The van der Waals surface area contributed by atoms with E-state index in [1.54, 1.807) is 43.3 Å². The largest absolute Gasteiger partial charge is 0.444 e. The molecule has 0 aliphatic carbocycles. The number of halogens is 1. The molecule has 2 amide bonds. The Hall–Kier alpha value is -3.80. The summed E-state index contributed by atoms with van der Waals surface area (Å²) in [6.07, 6.45) is 0. The number of furan rings is 1. The number of hydrogen-bond donors (Lipinski definition) is 2. The first-order valence-corrected chi connectivity index (χ1v) is 9.66. The first-order valence-electron chi connectivity index (χ1n) is 8.87. The fraction of sp³-hybridized carbons (Fsp3) is 0.158. The molecule has 0 unspecified atom stereocenters. The highest BCUT2D eigenvalue weighted by Crippen LogP contribution is 2.22. The molecule has 0 saturated carbocycles. The average molecular weight is 489 g/mol. The highest BCUT2D eigenvalue weighted by molar-refractivity contribution is 9.10. The van der Waals surface area contributed by atoms with Crippen LogP contribution in [0.3, 0.4) is 0 Å². The molecule has 3 rings (SSSR count). The van der Waals surface area contributed by atoms with Crippen LogP contribution in [0.5, 0.6) is 0 Å². The van der Waals surface area contributed by atoms with Crippen LogP contribution in [0.15, 0.2) is 50.6 Å². The number of amides is 2. The van der Waals surface area contributed by atoms with Crippen molar-refractivity contribution in [2.24, 2.45) is 12.1 Å². The Balaban J connectivity index is 1.69. The smallest absolute Gasteiger partial charge is 0.322 e. The second-order valence-electron chi connectivity index (χ2n) is 6.44. The van der Waals surface area contributed by atoms with Crippen LogP contribution >= 0.6 is 15.9 Å². The molecular formula is C19H17BrN6O5. The third kappa shape index (κ3) is 4.86. The molecular weight excluding hydrogens is 472 g/mol. The van der Waals surface area contributed by atoms with Gasteiger partial charge in [-0.1, -0.05) is 12.1 Å². The van der Waals surface area contributed by atoms with E-state index in [0.717, 1.165) is 4.68 Å². The molecule has 12 heteroatoms. The molecule has 0 aliphatic rings. The minimum absolute atomic E-state index is 0.137. The van der Waals surface area contributed by atoms with Crippen molar-refractivity contribution in [3.63, 3.8) is 0 Å². The normalized spacial score (nSPS) is 11.3. The summed E-state index contributed by atoms with van der Waals surface area (Å²) in [4.78, 5) is 35.1. The molecule has 3 aromatic rings. The highest BCUT2D eigenvalue weighted by atomic mass is 79.9. The minimum Gasteiger partial charge on any atom is -0.444 e. The van der Waals surface area contributed by atoms with Crippen molar-refractivity contribution in [2.45, 2.75) is 13.8 Å². The number of carbonyl (C=O) groups is 2. The van der Waals surface area contributed by atoms with Gasteiger partial charge in [0.1, 0.15) is 5.69 Å². The Bertz CT molecular complexity index is 1200. The fourth-order valence-corrected chi connectivity index (χ4v) is 3.10. The molecule has 11 nitrogen and oxygen atoms in total. The number of aryl methyl sites for hydroxylation is 2. The molecule has 2 aromatic heterocycles. The van der Waals surface area contributed by atoms with E-state index in [-0.39, 0.29) is 22.8 Å². The van der Waals surface area contributed by atoms with E-state index in [1.165, 1.54) is 14.0 Å². The molecule has 0 atom stereocenters. The standard InChI is InChI=1S/C19H17BrN6O5/c1-10(22-23-19(28)17-16(26(29)30)11(2)24-25(17)3)12-4-6-13(7-5-12)21-18(27)14-8-9-15(20)31-14/h4-9H,1-3H3,(H,21,27)(H,23,28). The predicted octanol–water partition coefficient (Wildman–Crippen LogP) is 3.40. The lowest BCUT2D eigenvalue weighted by molar-refractivity contribution is -0.385. The molecule has 0 radical (unpaired) electrons. The molecule has 160 valence electrons. The monoisotopic (exact) mass is 488 g/mol. The fourth-order valence-electron chi connectivity index (χ4n) is 2.80. The number of hydrazone groups is 1. The Kier molecular flexibility index (Phi) is 6.30. The minimum atomic E-state index is -0.748. The summed E-state index contributed by atoms with van der Waals surface area (Å²) < 4.78 is 6.79. The van der Waals surface area contributed by atoms with Gasteiger partial charge in [-0.15, -0.1) is 0 Å². The summed E-state index contributed by atoms with van der Waals surface area (Å²) in [6, 6.07) is 9.91. The summed E-state index contributed by atoms with van der Waals surface area (Å²) >= 11 is 3.14. The zero-order chi connectivity index (χ0) is 22.7. The van der Waals surface area contributed by atoms with Crippen LogP contribution in [-0.2, 0) is 7.05 Å². The molecule has 0 fully saturated rings. The summed E-state index contributed by atoms with van der Waals surface area (Å²) in [5.74, 6) is -0.984. The lowest BCUT2D eigenvalue weighted by atomic mass is 10.1. The lowest BCUT2D eigenvalue weighted by Gasteiger charge is -2.06. The number of benzene rings is 1. The van der Waals surface area contributed by atoms with Gasteiger partial charge in [0.15, 0.2) is 10.4 Å². The quantitative estimate of drug-likeness (QED) is 0.309. The van der Waals surface area contributed by atoms with Gasteiger partial charge in [0.25, 0.3) is 11.8 Å². The van der Waals surface area contributed by atoms with Crippen molar-refractivity contribution in [3.05, 3.63) is 73.9 Å².